The minimum absolute atomic E-state index is 0.399. The molecule has 1 aromatic rings. The summed E-state index contributed by atoms with van der Waals surface area (Å²) < 4.78 is 0. The van der Waals surface area contributed by atoms with Crippen LogP contribution in [0.15, 0.2) is 12.1 Å². The summed E-state index contributed by atoms with van der Waals surface area (Å²) in [6, 6.07) is 4.96. The maximum Gasteiger partial charge on any atom is 0.0251 e. The third kappa shape index (κ3) is 6.62. The van der Waals surface area contributed by atoms with Crippen LogP contribution in [-0.4, -0.2) is 6.04 Å². The number of nitrogens with two attached hydrogens (primary N) is 1. The lowest BCUT2D eigenvalue weighted by Crippen LogP contribution is -2.37. The second-order valence-electron chi connectivity index (χ2n) is 6.50. The number of unbranched alkanes of at least 4 members (excludes halogenated alkanes) is 5. The molecule has 0 bridgehead atoms. The van der Waals surface area contributed by atoms with Gasteiger partial charge in [0.05, 0.1) is 0 Å². The summed E-state index contributed by atoms with van der Waals surface area (Å²) in [5, 5.41) is 0. The van der Waals surface area contributed by atoms with Crippen molar-refractivity contribution in [2.45, 2.75) is 85.1 Å². The van der Waals surface area contributed by atoms with Crippen LogP contribution in [0, 0.1) is 20.8 Å². The predicted molar refractivity (Wildman–Crippen MR) is 93.5 cm³/mol. The highest BCUT2D eigenvalue weighted by molar-refractivity contribution is 5.38. The Balaban J connectivity index is 2.44. The van der Waals surface area contributed by atoms with Gasteiger partial charge in [0.2, 0.25) is 0 Å². The van der Waals surface area contributed by atoms with Crippen LogP contribution in [0.1, 0.15) is 74.1 Å². The molecule has 3 N–H and O–H groups in total. The molecule has 21 heavy (non-hydrogen) atoms. The van der Waals surface area contributed by atoms with Crippen molar-refractivity contribution in [1.82, 2.24) is 5.43 Å². The summed E-state index contributed by atoms with van der Waals surface area (Å²) in [6.07, 6.45) is 10.3. The molecule has 0 aromatic heterocycles. The van der Waals surface area contributed by atoms with Gasteiger partial charge < -0.3 is 0 Å². The summed E-state index contributed by atoms with van der Waals surface area (Å²) in [7, 11) is 0. The van der Waals surface area contributed by atoms with Crippen LogP contribution in [0.25, 0.3) is 0 Å². The van der Waals surface area contributed by atoms with E-state index in [1.807, 2.05) is 0 Å². The molecule has 1 aromatic carbocycles. The SMILES string of the molecule is CCCCCCCCC(Cc1c(C)cc(C)cc1C)NN. The average Bonchev–Trinajstić information content (AvgIpc) is 2.44. The van der Waals surface area contributed by atoms with Gasteiger partial charge in [0, 0.05) is 6.04 Å². The van der Waals surface area contributed by atoms with Crippen LogP contribution in [-0.2, 0) is 6.42 Å². The van der Waals surface area contributed by atoms with E-state index in [4.69, 9.17) is 5.84 Å². The molecule has 0 saturated heterocycles. The van der Waals surface area contributed by atoms with E-state index in [-0.39, 0.29) is 0 Å². The van der Waals surface area contributed by atoms with Crippen molar-refractivity contribution < 1.29 is 0 Å². The topological polar surface area (TPSA) is 38.0 Å². The summed E-state index contributed by atoms with van der Waals surface area (Å²) >= 11 is 0. The van der Waals surface area contributed by atoms with E-state index >= 15 is 0 Å². The maximum atomic E-state index is 5.76. The Morgan fingerprint density at radius 2 is 1.52 bits per heavy atom. The van der Waals surface area contributed by atoms with Crippen molar-refractivity contribution in [3.05, 3.63) is 34.4 Å². The molecule has 0 amide bonds. The van der Waals surface area contributed by atoms with Gasteiger partial charge in [-0.2, -0.15) is 0 Å². The van der Waals surface area contributed by atoms with Gasteiger partial charge in [0.1, 0.15) is 0 Å². The standard InChI is InChI=1S/C19H34N2/c1-5-6-7-8-9-10-11-18(21-20)14-19-16(3)12-15(2)13-17(19)4/h12-13,18,21H,5-11,14,20H2,1-4H3. The lowest BCUT2D eigenvalue weighted by molar-refractivity contribution is 0.458. The van der Waals surface area contributed by atoms with Crippen molar-refractivity contribution in [1.29, 1.82) is 0 Å². The third-order valence-corrected chi connectivity index (χ3v) is 4.43. The molecule has 0 saturated carbocycles. The zero-order valence-electron chi connectivity index (χ0n) is 14.5. The Morgan fingerprint density at radius 3 is 2.10 bits per heavy atom. The highest BCUT2D eigenvalue weighted by Gasteiger charge is 2.11. The van der Waals surface area contributed by atoms with Gasteiger partial charge in [-0.3, -0.25) is 11.3 Å². The van der Waals surface area contributed by atoms with Crippen molar-refractivity contribution in [3.8, 4) is 0 Å². The van der Waals surface area contributed by atoms with Gasteiger partial charge in [-0.15, -0.1) is 0 Å². The first-order chi connectivity index (χ1) is 10.1. The first kappa shape index (κ1) is 18.2. The van der Waals surface area contributed by atoms with Gasteiger partial charge >= 0.3 is 0 Å². The lowest BCUT2D eigenvalue weighted by atomic mass is 9.92. The number of hydrazine groups is 1. The second-order valence-corrected chi connectivity index (χ2v) is 6.50. The highest BCUT2D eigenvalue weighted by Crippen LogP contribution is 2.19. The van der Waals surface area contributed by atoms with E-state index in [9.17, 15) is 0 Å². The smallest absolute Gasteiger partial charge is 0.0251 e. The number of rotatable bonds is 10. The fourth-order valence-electron chi connectivity index (χ4n) is 3.19. The minimum atomic E-state index is 0.399. The quantitative estimate of drug-likeness (QED) is 0.371. The van der Waals surface area contributed by atoms with E-state index in [0.717, 1.165) is 6.42 Å². The van der Waals surface area contributed by atoms with Crippen LogP contribution in [0.3, 0.4) is 0 Å². The van der Waals surface area contributed by atoms with Crippen LogP contribution in [0.4, 0.5) is 0 Å². The molecule has 120 valence electrons. The molecule has 0 aliphatic carbocycles. The van der Waals surface area contributed by atoms with E-state index in [2.05, 4.69) is 45.3 Å². The number of nitrogens with one attached hydrogen (secondary N) is 1. The molecular formula is C19H34N2. The van der Waals surface area contributed by atoms with Crippen molar-refractivity contribution >= 4 is 0 Å². The Labute approximate surface area is 131 Å². The molecule has 2 heteroatoms. The molecule has 0 heterocycles. The Kier molecular flexibility index (Phi) is 8.63. The number of aryl methyl sites for hydroxylation is 3. The van der Waals surface area contributed by atoms with Crippen LogP contribution in [0.5, 0.6) is 0 Å². The van der Waals surface area contributed by atoms with E-state index < -0.39 is 0 Å². The summed E-state index contributed by atoms with van der Waals surface area (Å²) in [4.78, 5) is 0. The Bertz CT molecular complexity index is 389. The zero-order chi connectivity index (χ0) is 15.7. The number of benzene rings is 1. The highest BCUT2D eigenvalue weighted by atomic mass is 15.2. The van der Waals surface area contributed by atoms with Crippen molar-refractivity contribution in [2.24, 2.45) is 5.84 Å². The zero-order valence-corrected chi connectivity index (χ0v) is 14.5. The monoisotopic (exact) mass is 290 g/mol. The van der Waals surface area contributed by atoms with E-state index in [1.54, 1.807) is 0 Å². The maximum absolute atomic E-state index is 5.76. The molecule has 0 aliphatic heterocycles. The van der Waals surface area contributed by atoms with Crippen molar-refractivity contribution in [3.63, 3.8) is 0 Å². The first-order valence-corrected chi connectivity index (χ1v) is 8.61. The molecule has 0 radical (unpaired) electrons. The third-order valence-electron chi connectivity index (χ3n) is 4.43. The molecule has 1 unspecified atom stereocenters. The Hall–Kier alpha value is -0.860. The Morgan fingerprint density at radius 1 is 0.952 bits per heavy atom. The van der Waals surface area contributed by atoms with E-state index in [0.29, 0.717) is 6.04 Å². The van der Waals surface area contributed by atoms with Gasteiger partial charge in [-0.1, -0.05) is 63.1 Å². The van der Waals surface area contributed by atoms with Crippen LogP contribution < -0.4 is 11.3 Å². The van der Waals surface area contributed by atoms with Gasteiger partial charge in [0.15, 0.2) is 0 Å². The van der Waals surface area contributed by atoms with Gasteiger partial charge in [-0.25, -0.2) is 0 Å². The lowest BCUT2D eigenvalue weighted by Gasteiger charge is -2.19. The van der Waals surface area contributed by atoms with E-state index in [1.165, 1.54) is 67.2 Å². The minimum Gasteiger partial charge on any atom is -0.271 e. The molecule has 1 atom stereocenters. The summed E-state index contributed by atoms with van der Waals surface area (Å²) in [5.74, 6) is 5.76. The molecule has 0 aliphatic rings. The van der Waals surface area contributed by atoms with Gasteiger partial charge in [0.25, 0.3) is 0 Å². The second kappa shape index (κ2) is 9.97. The first-order valence-electron chi connectivity index (χ1n) is 8.61. The van der Waals surface area contributed by atoms with Crippen molar-refractivity contribution in [2.75, 3.05) is 0 Å². The molecule has 1 rings (SSSR count). The normalized spacial score (nSPS) is 12.6. The molecule has 2 nitrogen and oxygen atoms in total. The molecular weight excluding hydrogens is 256 g/mol. The predicted octanol–water partition coefficient (Wildman–Crippen LogP) is 4.74. The largest absolute Gasteiger partial charge is 0.271 e. The molecule has 0 spiro atoms. The van der Waals surface area contributed by atoms with Crippen LogP contribution in [0.2, 0.25) is 0 Å². The van der Waals surface area contributed by atoms with Crippen LogP contribution >= 0.6 is 0 Å². The average molecular weight is 290 g/mol. The summed E-state index contributed by atoms with van der Waals surface area (Å²) in [5.41, 5.74) is 8.64. The number of hydrogen-bond acceptors (Lipinski definition) is 2. The molecule has 0 fully saturated rings. The van der Waals surface area contributed by atoms with Gasteiger partial charge in [-0.05, 0) is 50.3 Å². The summed E-state index contributed by atoms with van der Waals surface area (Å²) in [6.45, 7) is 8.86. The number of hydrogen-bond donors (Lipinski definition) is 2. The fourth-order valence-corrected chi connectivity index (χ4v) is 3.19. The fraction of sp³-hybridized carbons (Fsp3) is 0.684.